The number of unbranched alkanes of at least 4 members (excludes halogenated alkanes) is 2. The number of fused-ring (bicyclic) bond motifs is 6. The van der Waals surface area contributed by atoms with Gasteiger partial charge in [0.05, 0.1) is 17.6 Å². The van der Waals surface area contributed by atoms with Crippen LogP contribution in [0.5, 0.6) is 23.0 Å². The predicted molar refractivity (Wildman–Crippen MR) is 321 cm³/mol. The minimum absolute atomic E-state index is 0.0519. The summed E-state index contributed by atoms with van der Waals surface area (Å²) in [6.45, 7) is 7.16. The SMILES string of the molecule is CC(C)C(NC(=O)[C@H](C)N)C(=O)N1CCC[C@H]1C(=O)N[C@H](C(=O)N[C@@H](C)C(=O)N[C@@H](CCCCNC(=O)c1ccc2c(c1)C(=O)OC21c2ccc(O)cc2Oc2cc(O)ccc21)C(=O)C[C@@H](CCCCN)C(N)=O)C(c1ccccc1)c1ccccc1. The molecule has 0 aliphatic carbocycles. The molecule has 22 heteroatoms. The van der Waals surface area contributed by atoms with Crippen LogP contribution in [0.25, 0.3) is 0 Å². The number of hydrogen-bond donors (Lipinski definition) is 10. The molecular formula is C65H77N9O13. The van der Waals surface area contributed by atoms with E-state index < -0.39 is 107 Å². The van der Waals surface area contributed by atoms with Crippen molar-refractivity contribution >= 4 is 53.1 Å². The van der Waals surface area contributed by atoms with Gasteiger partial charge in [0.25, 0.3) is 5.91 Å². The van der Waals surface area contributed by atoms with E-state index in [4.69, 9.17) is 26.7 Å². The summed E-state index contributed by atoms with van der Waals surface area (Å²) < 4.78 is 12.2. The summed E-state index contributed by atoms with van der Waals surface area (Å²) in [6, 6.07) is 24.6. The molecule has 3 heterocycles. The Bertz CT molecular complexity index is 3290. The van der Waals surface area contributed by atoms with Crippen LogP contribution < -0.4 is 48.5 Å². The fraction of sp³-hybridized carbons (Fsp3) is 0.400. The number of amides is 7. The number of phenolic OH excluding ortho intramolecular Hbond substituents is 2. The largest absolute Gasteiger partial charge is 0.508 e. The Morgan fingerprint density at radius 2 is 1.30 bits per heavy atom. The maximum absolute atomic E-state index is 15.0. The number of nitrogens with zero attached hydrogens (tertiary/aromatic N) is 1. The van der Waals surface area contributed by atoms with Crippen LogP contribution in [0.1, 0.15) is 140 Å². The third kappa shape index (κ3) is 14.6. The van der Waals surface area contributed by atoms with Gasteiger partial charge >= 0.3 is 5.97 Å². The number of ketones is 1. The minimum Gasteiger partial charge on any atom is -0.508 e. The third-order valence-electron chi connectivity index (χ3n) is 16.3. The van der Waals surface area contributed by atoms with E-state index in [0.29, 0.717) is 60.0 Å². The molecule has 5 aromatic rings. The van der Waals surface area contributed by atoms with E-state index in [1.54, 1.807) is 62.4 Å². The Hall–Kier alpha value is -9.15. The Kier molecular flexibility index (Phi) is 20.8. The molecule has 1 saturated heterocycles. The number of benzene rings is 5. The summed E-state index contributed by atoms with van der Waals surface area (Å²) in [4.78, 5) is 127. The number of aromatic hydroxyl groups is 2. The van der Waals surface area contributed by atoms with Gasteiger partial charge in [0, 0.05) is 65.7 Å². The minimum atomic E-state index is -1.53. The molecule has 8 rings (SSSR count). The molecule has 3 aliphatic rings. The predicted octanol–water partition coefficient (Wildman–Crippen LogP) is 4.54. The lowest BCUT2D eigenvalue weighted by molar-refractivity contribution is -0.143. The van der Waals surface area contributed by atoms with Gasteiger partial charge in [0.15, 0.2) is 11.4 Å². The van der Waals surface area contributed by atoms with Crippen LogP contribution in [-0.2, 0) is 43.9 Å². The average Bonchev–Trinajstić information content (AvgIpc) is 1.63. The standard InChI is InChI=1S/C65H77N9O13/c1-36(2)55(72-58(79)37(3)67)63(84)74-31-15-22-50(74)61(82)73-56(54(39-16-7-5-8-17-39)40-18-9-6-10-19-40)62(83)70-38(4)59(80)71-49(51(77)33-41(57(68)78)20-11-13-29-66)21-12-14-30-69-60(81)42-23-26-46-45(32-42)64(85)87-65(46)47-27-24-43(75)34-52(47)86-53-35-44(76)25-28-48(53)65/h5-10,16-19,23-28,32,34-38,41,49-50,54-56,75-76H,11-15,20-22,29-31,33,66-67H2,1-4H3,(H2,68,78)(H,69,81)(H,70,83)(H,71,80)(H,72,79)(H,73,82)/t37-,38-,41+,49-,50-,55?,56-/m0/s1. The fourth-order valence-corrected chi connectivity index (χ4v) is 11.6. The molecule has 0 aromatic heterocycles. The molecule has 460 valence electrons. The zero-order valence-corrected chi connectivity index (χ0v) is 49.2. The molecule has 1 unspecified atom stereocenters. The molecule has 7 atom stereocenters. The second-order valence-corrected chi connectivity index (χ2v) is 22.9. The van der Waals surface area contributed by atoms with Crippen molar-refractivity contribution in [2.45, 2.75) is 133 Å². The Morgan fingerprint density at radius 3 is 1.89 bits per heavy atom. The van der Waals surface area contributed by atoms with Gasteiger partial charge in [-0.2, -0.15) is 0 Å². The van der Waals surface area contributed by atoms with E-state index in [-0.39, 0.29) is 85.2 Å². The number of Topliss-reactive ketones (excluding diaryl/α,β-unsaturated/α-hetero) is 1. The molecule has 0 saturated carbocycles. The van der Waals surface area contributed by atoms with Crippen molar-refractivity contribution in [3.8, 4) is 23.0 Å². The van der Waals surface area contributed by atoms with Gasteiger partial charge in [-0.1, -0.05) is 87.0 Å². The normalized spacial score (nSPS) is 16.6. The quantitative estimate of drug-likeness (QED) is 0.0255. The number of ether oxygens (including phenoxy) is 2. The maximum Gasteiger partial charge on any atom is 0.340 e. The molecule has 22 nitrogen and oxygen atoms in total. The number of primary amides is 1. The van der Waals surface area contributed by atoms with Gasteiger partial charge in [-0.25, -0.2) is 4.79 Å². The molecule has 3 aliphatic heterocycles. The summed E-state index contributed by atoms with van der Waals surface area (Å²) in [5.41, 5.74) is 18.6. The van der Waals surface area contributed by atoms with Gasteiger partial charge in [-0.15, -0.1) is 0 Å². The number of carbonyl (C=O) groups is 9. The molecule has 7 amide bonds. The third-order valence-corrected chi connectivity index (χ3v) is 16.3. The number of carbonyl (C=O) groups excluding carboxylic acids is 9. The van der Waals surface area contributed by atoms with Crippen molar-refractivity contribution in [3.63, 3.8) is 0 Å². The van der Waals surface area contributed by atoms with E-state index in [1.165, 1.54) is 49.1 Å². The van der Waals surface area contributed by atoms with Gasteiger partial charge in [0.1, 0.15) is 47.2 Å². The topological polar surface area (TPSA) is 354 Å². The lowest BCUT2D eigenvalue weighted by Crippen LogP contribution is -2.60. The molecule has 5 aromatic carbocycles. The number of hydrogen-bond acceptors (Lipinski definition) is 15. The number of esters is 1. The highest BCUT2D eigenvalue weighted by molar-refractivity contribution is 6.02. The second kappa shape index (κ2) is 28.4. The number of nitrogens with one attached hydrogen (secondary N) is 5. The van der Waals surface area contributed by atoms with E-state index in [2.05, 4.69) is 26.6 Å². The molecule has 0 bridgehead atoms. The highest BCUT2D eigenvalue weighted by atomic mass is 16.6. The van der Waals surface area contributed by atoms with Crippen LogP contribution in [0.2, 0.25) is 0 Å². The van der Waals surface area contributed by atoms with Gasteiger partial charge in [-0.05, 0) is 119 Å². The maximum atomic E-state index is 15.0. The van der Waals surface area contributed by atoms with Gasteiger partial charge in [0.2, 0.25) is 35.4 Å². The van der Waals surface area contributed by atoms with Crippen LogP contribution in [0.3, 0.4) is 0 Å². The molecule has 87 heavy (non-hydrogen) atoms. The molecule has 1 spiro atoms. The van der Waals surface area contributed by atoms with Gasteiger partial charge < -0.3 is 68.4 Å². The average molecular weight is 1190 g/mol. The van der Waals surface area contributed by atoms with E-state index in [0.717, 1.165) is 0 Å². The zero-order chi connectivity index (χ0) is 62.7. The van der Waals surface area contributed by atoms with Crippen LogP contribution in [-0.4, -0.2) is 124 Å². The van der Waals surface area contributed by atoms with Crippen LogP contribution in [0.15, 0.2) is 115 Å². The molecule has 0 radical (unpaired) electrons. The monoisotopic (exact) mass is 1190 g/mol. The first-order chi connectivity index (χ1) is 41.6. The molecule has 1 fully saturated rings. The first-order valence-electron chi connectivity index (χ1n) is 29.5. The lowest BCUT2D eigenvalue weighted by atomic mass is 9.77. The van der Waals surface area contributed by atoms with Crippen molar-refractivity contribution in [1.82, 2.24) is 31.5 Å². The van der Waals surface area contributed by atoms with Crippen LogP contribution in [0, 0.1) is 11.8 Å². The summed E-state index contributed by atoms with van der Waals surface area (Å²) in [6.07, 6.45) is 2.49. The Balaban J connectivity index is 0.974. The summed E-state index contributed by atoms with van der Waals surface area (Å²) in [7, 11) is 0. The van der Waals surface area contributed by atoms with Gasteiger partial charge in [-0.3, -0.25) is 38.4 Å². The first-order valence-corrected chi connectivity index (χ1v) is 29.5. The molecule has 13 N–H and O–H groups in total. The summed E-state index contributed by atoms with van der Waals surface area (Å²) in [5, 5.41) is 34.7. The zero-order valence-electron chi connectivity index (χ0n) is 49.2. The second-order valence-electron chi connectivity index (χ2n) is 22.9. The highest BCUT2D eigenvalue weighted by Crippen LogP contribution is 2.57. The van der Waals surface area contributed by atoms with Crippen molar-refractivity contribution in [1.29, 1.82) is 0 Å². The number of likely N-dealkylation sites (tertiary alicyclic amines) is 1. The van der Waals surface area contributed by atoms with E-state index in [1.807, 2.05) is 36.4 Å². The number of rotatable bonds is 27. The fourth-order valence-electron chi connectivity index (χ4n) is 11.6. The highest BCUT2D eigenvalue weighted by Gasteiger charge is 2.54. The van der Waals surface area contributed by atoms with E-state index >= 15 is 0 Å². The lowest BCUT2D eigenvalue weighted by Gasteiger charge is -2.36. The number of nitrogens with two attached hydrogens (primary N) is 3. The van der Waals surface area contributed by atoms with Crippen molar-refractivity contribution in [2.24, 2.45) is 29.0 Å². The van der Waals surface area contributed by atoms with Crippen molar-refractivity contribution in [3.05, 3.63) is 154 Å². The van der Waals surface area contributed by atoms with Crippen molar-refractivity contribution in [2.75, 3.05) is 19.6 Å². The first kappa shape index (κ1) is 63.9. The van der Waals surface area contributed by atoms with Crippen molar-refractivity contribution < 1.29 is 62.8 Å². The Morgan fingerprint density at radius 1 is 0.690 bits per heavy atom. The van der Waals surface area contributed by atoms with Crippen LogP contribution >= 0.6 is 0 Å². The Labute approximate surface area is 504 Å². The van der Waals surface area contributed by atoms with Crippen LogP contribution in [0.4, 0.5) is 0 Å². The smallest absolute Gasteiger partial charge is 0.340 e. The summed E-state index contributed by atoms with van der Waals surface area (Å²) >= 11 is 0. The summed E-state index contributed by atoms with van der Waals surface area (Å²) in [5.74, 6) is -7.38. The molecular weight excluding hydrogens is 1110 g/mol. The number of phenols is 2. The van der Waals surface area contributed by atoms with E-state index in [9.17, 15) is 53.4 Å².